The Morgan fingerprint density at radius 1 is 0.750 bits per heavy atom. The summed E-state index contributed by atoms with van der Waals surface area (Å²) in [6.45, 7) is 0. The molecule has 0 bridgehead atoms. The summed E-state index contributed by atoms with van der Waals surface area (Å²) in [4.78, 5) is 0. The van der Waals surface area contributed by atoms with E-state index in [1.807, 2.05) is 0 Å². The smallest absolute Gasteiger partial charge is 0.384 e. The summed E-state index contributed by atoms with van der Waals surface area (Å²) in [5, 5.41) is 8.34. The van der Waals surface area contributed by atoms with Gasteiger partial charge < -0.3 is 5.11 Å². The van der Waals surface area contributed by atoms with Crippen molar-refractivity contribution in [2.24, 2.45) is 0 Å². The molecule has 0 rings (SSSR count). The molecule has 0 amide bonds. The van der Waals surface area contributed by atoms with Crippen LogP contribution in [0.1, 0.15) is 0 Å². The molecule has 0 spiro atoms. The first kappa shape index (κ1) is 23.3. The van der Waals surface area contributed by atoms with Crippen molar-refractivity contribution in [3.63, 3.8) is 0 Å². The van der Waals surface area contributed by atoms with Gasteiger partial charge in [0.25, 0.3) is 0 Å². The van der Waals surface area contributed by atoms with Gasteiger partial charge in [0.15, 0.2) is 0 Å². The third-order valence-electron chi connectivity index (χ3n) is 2.05. The number of hydrogen-bond donors (Lipinski definition) is 1. The van der Waals surface area contributed by atoms with Crippen LogP contribution < -0.4 is 0 Å². The normalized spacial score (nSPS) is 21.5. The fourth-order valence-electron chi connectivity index (χ4n) is 0.912. The highest BCUT2D eigenvalue weighted by Crippen LogP contribution is 2.61. The maximum atomic E-state index is 13.1. The maximum absolute atomic E-state index is 13.1. The van der Waals surface area contributed by atoms with E-state index in [0.29, 0.717) is 0 Å². The summed E-state index contributed by atoms with van der Waals surface area (Å²) in [5.41, 5.74) is 0. The average molecular weight is 412 g/mol. The first-order chi connectivity index (χ1) is 10.4. The predicted octanol–water partition coefficient (Wildman–Crippen LogP) is 4.15. The van der Waals surface area contributed by atoms with Crippen molar-refractivity contribution in [3.05, 3.63) is 0 Å². The Morgan fingerprint density at radius 3 is 1.12 bits per heavy atom. The molecule has 4 nitrogen and oxygen atoms in total. The van der Waals surface area contributed by atoms with Gasteiger partial charge in [-0.3, -0.25) is 13.6 Å². The van der Waals surface area contributed by atoms with Crippen molar-refractivity contribution in [2.45, 2.75) is 36.9 Å². The van der Waals surface area contributed by atoms with Crippen molar-refractivity contribution in [1.82, 2.24) is 0 Å². The number of halogens is 12. The van der Waals surface area contributed by atoms with E-state index in [4.69, 9.17) is 5.11 Å². The maximum Gasteiger partial charge on any atom is 0.455 e. The molecule has 0 aliphatic carbocycles. The highest BCUT2D eigenvalue weighted by Gasteiger charge is 2.71. The van der Waals surface area contributed by atoms with Crippen LogP contribution in [-0.4, -0.2) is 48.4 Å². The van der Waals surface area contributed by atoms with Crippen molar-refractivity contribution < 1.29 is 71.4 Å². The van der Waals surface area contributed by atoms with Gasteiger partial charge in [0.2, 0.25) is 0 Å². The van der Waals surface area contributed by atoms with E-state index in [1.54, 1.807) is 0 Å². The summed E-state index contributed by atoms with van der Waals surface area (Å²) in [7, 11) is -6.84. The molecule has 0 aliphatic rings. The first-order valence-corrected chi connectivity index (χ1v) is 6.78. The standard InChI is InChI=1S/C7H5F12O4P/c8-2(9)4(12,6(14,15)16)22-24(21,1-20)23-5(13,3(10)11)7(17,18)19/h2-3,20H,1H2. The van der Waals surface area contributed by atoms with Crippen LogP contribution in [-0.2, 0) is 13.6 Å². The minimum Gasteiger partial charge on any atom is -0.384 e. The molecular formula is C7H5F12O4P. The topological polar surface area (TPSA) is 55.8 Å². The van der Waals surface area contributed by atoms with Crippen LogP contribution in [0.15, 0.2) is 0 Å². The highest BCUT2D eigenvalue weighted by molar-refractivity contribution is 7.53. The van der Waals surface area contributed by atoms with Crippen molar-refractivity contribution in [2.75, 3.05) is 6.35 Å². The molecule has 0 radical (unpaired) electrons. The molecule has 2 unspecified atom stereocenters. The molecular weight excluding hydrogens is 407 g/mol. The van der Waals surface area contributed by atoms with Crippen molar-refractivity contribution in [3.8, 4) is 0 Å². The fraction of sp³-hybridized carbons (Fsp3) is 1.00. The van der Waals surface area contributed by atoms with E-state index in [1.165, 1.54) is 0 Å². The molecule has 0 saturated heterocycles. The second-order valence-corrected chi connectivity index (χ2v) is 5.69. The lowest BCUT2D eigenvalue weighted by Crippen LogP contribution is -2.52. The first-order valence-electron chi connectivity index (χ1n) is 5.05. The van der Waals surface area contributed by atoms with Crippen LogP contribution in [0.3, 0.4) is 0 Å². The molecule has 0 aromatic rings. The van der Waals surface area contributed by atoms with Crippen LogP contribution in [0.5, 0.6) is 0 Å². The van der Waals surface area contributed by atoms with E-state index in [0.717, 1.165) is 0 Å². The SMILES string of the molecule is O=P(CO)(OC(F)(C(F)F)C(F)(F)F)OC(F)(C(F)F)C(F)(F)F. The zero-order valence-electron chi connectivity index (χ0n) is 10.5. The number of rotatable bonds is 7. The van der Waals surface area contributed by atoms with Gasteiger partial charge in [-0.2, -0.15) is 35.1 Å². The summed E-state index contributed by atoms with van der Waals surface area (Å²) in [6.07, 6.45) is -26.8. The van der Waals surface area contributed by atoms with Crippen molar-refractivity contribution in [1.29, 1.82) is 0 Å². The predicted molar refractivity (Wildman–Crippen MR) is 48.7 cm³/mol. The Bertz CT molecular complexity index is 439. The quantitative estimate of drug-likeness (QED) is 0.505. The lowest BCUT2D eigenvalue weighted by atomic mass is 10.3. The molecule has 146 valence electrons. The number of aliphatic hydroxyl groups is 1. The molecule has 0 heterocycles. The van der Waals surface area contributed by atoms with Gasteiger partial charge in [0.1, 0.15) is 6.35 Å². The Labute approximate surface area is 123 Å². The van der Waals surface area contributed by atoms with Gasteiger partial charge in [-0.15, -0.1) is 0 Å². The van der Waals surface area contributed by atoms with Crippen molar-refractivity contribution >= 4 is 7.60 Å². The van der Waals surface area contributed by atoms with Crippen LogP contribution in [0.2, 0.25) is 0 Å². The van der Waals surface area contributed by atoms with Crippen LogP contribution >= 0.6 is 7.60 Å². The Balaban J connectivity index is 5.93. The second kappa shape index (κ2) is 6.88. The minimum atomic E-state index is -6.84. The molecule has 17 heteroatoms. The molecule has 0 aromatic carbocycles. The summed E-state index contributed by atoms with van der Waals surface area (Å²) in [6, 6.07) is 0. The van der Waals surface area contributed by atoms with E-state index < -0.39 is 50.9 Å². The lowest BCUT2D eigenvalue weighted by Gasteiger charge is -2.34. The second-order valence-electron chi connectivity index (χ2n) is 3.82. The average Bonchev–Trinajstić information content (AvgIpc) is 2.35. The fourth-order valence-corrected chi connectivity index (χ4v) is 2.24. The van der Waals surface area contributed by atoms with E-state index in [2.05, 4.69) is 9.05 Å². The zero-order valence-corrected chi connectivity index (χ0v) is 11.4. The minimum absolute atomic E-state index is 2.51. The zero-order chi connectivity index (χ0) is 19.8. The van der Waals surface area contributed by atoms with Crippen LogP contribution in [0.4, 0.5) is 52.7 Å². The van der Waals surface area contributed by atoms with Gasteiger partial charge in [-0.25, -0.2) is 17.6 Å². The molecule has 0 aliphatic heterocycles. The van der Waals surface area contributed by atoms with E-state index in [9.17, 15) is 57.3 Å². The molecule has 2 atom stereocenters. The lowest BCUT2D eigenvalue weighted by molar-refractivity contribution is -0.360. The molecule has 1 N–H and O–H groups in total. The highest BCUT2D eigenvalue weighted by atomic mass is 31.2. The van der Waals surface area contributed by atoms with Gasteiger partial charge in [-0.1, -0.05) is 0 Å². The number of hydrogen-bond acceptors (Lipinski definition) is 4. The molecule has 24 heavy (non-hydrogen) atoms. The molecule has 0 saturated carbocycles. The monoisotopic (exact) mass is 412 g/mol. The van der Waals surface area contributed by atoms with Gasteiger partial charge in [-0.05, 0) is 0 Å². The van der Waals surface area contributed by atoms with E-state index >= 15 is 0 Å². The van der Waals surface area contributed by atoms with Crippen LogP contribution in [0.25, 0.3) is 0 Å². The van der Waals surface area contributed by atoms with Gasteiger partial charge >= 0.3 is 44.5 Å². The molecule has 0 fully saturated rings. The summed E-state index contributed by atoms with van der Waals surface area (Å²) in [5.74, 6) is -12.6. The third-order valence-corrected chi connectivity index (χ3v) is 3.49. The number of aliphatic hydroxyl groups excluding tert-OH is 1. The Morgan fingerprint density at radius 2 is 1.00 bits per heavy atom. The van der Waals surface area contributed by atoms with Gasteiger partial charge in [0.05, 0.1) is 0 Å². The molecule has 0 aromatic heterocycles. The number of alkyl halides is 12. The van der Waals surface area contributed by atoms with Crippen LogP contribution in [0, 0.1) is 0 Å². The summed E-state index contributed by atoms with van der Waals surface area (Å²) >= 11 is 0. The Kier molecular flexibility index (Phi) is 6.67. The van der Waals surface area contributed by atoms with E-state index in [-0.39, 0.29) is 0 Å². The van der Waals surface area contributed by atoms with Gasteiger partial charge in [0, 0.05) is 0 Å². The largest absolute Gasteiger partial charge is 0.455 e. The third kappa shape index (κ3) is 4.46. The Hall–Kier alpha value is -0.730. The summed E-state index contributed by atoms with van der Waals surface area (Å²) < 4.78 is 164.